The number of aromatic hydroxyl groups is 1. The molecule has 0 spiro atoms. The lowest BCUT2D eigenvalue weighted by molar-refractivity contribution is -0.113. The van der Waals surface area contributed by atoms with Crippen molar-refractivity contribution in [1.29, 1.82) is 0 Å². The van der Waals surface area contributed by atoms with E-state index in [4.69, 9.17) is 9.84 Å². The highest BCUT2D eigenvalue weighted by molar-refractivity contribution is 6.06. The Labute approximate surface area is 202 Å². The Balaban J connectivity index is 1.60. The fraction of sp³-hybridized carbons (Fsp3) is 0.148. The summed E-state index contributed by atoms with van der Waals surface area (Å²) in [6, 6.07) is 21.5. The Kier molecular flexibility index (Phi) is 5.70. The summed E-state index contributed by atoms with van der Waals surface area (Å²) in [6.45, 7) is 3.87. The number of rotatable bonds is 5. The van der Waals surface area contributed by atoms with Gasteiger partial charge in [-0.2, -0.15) is 4.98 Å². The second-order valence-corrected chi connectivity index (χ2v) is 8.39. The van der Waals surface area contributed by atoms with Crippen LogP contribution in [0.3, 0.4) is 0 Å². The molecule has 1 aromatic heterocycles. The van der Waals surface area contributed by atoms with Gasteiger partial charge < -0.3 is 20.5 Å². The lowest BCUT2D eigenvalue weighted by Crippen LogP contribution is -2.31. The van der Waals surface area contributed by atoms with Crippen LogP contribution in [0.1, 0.15) is 24.1 Å². The first kappa shape index (κ1) is 22.2. The molecular weight excluding hydrogens is 442 g/mol. The van der Waals surface area contributed by atoms with Gasteiger partial charge in [0.25, 0.3) is 5.91 Å². The van der Waals surface area contributed by atoms with Gasteiger partial charge in [0.1, 0.15) is 17.5 Å². The van der Waals surface area contributed by atoms with E-state index in [1.54, 1.807) is 48.2 Å². The Bertz CT molecular complexity index is 1440. The van der Waals surface area contributed by atoms with Gasteiger partial charge in [-0.3, -0.25) is 4.79 Å². The maximum absolute atomic E-state index is 13.7. The van der Waals surface area contributed by atoms with Crippen LogP contribution in [0.2, 0.25) is 0 Å². The highest BCUT2D eigenvalue weighted by Crippen LogP contribution is 2.37. The van der Waals surface area contributed by atoms with Crippen LogP contribution in [-0.2, 0) is 4.79 Å². The molecule has 0 aliphatic carbocycles. The molecule has 2 heterocycles. The molecule has 1 unspecified atom stereocenters. The summed E-state index contributed by atoms with van der Waals surface area (Å²) >= 11 is 0. The van der Waals surface area contributed by atoms with E-state index in [-0.39, 0.29) is 11.7 Å². The number of para-hydroxylation sites is 2. The highest BCUT2D eigenvalue weighted by Gasteiger charge is 2.34. The average molecular weight is 468 g/mol. The highest BCUT2D eigenvalue weighted by atomic mass is 16.5. The van der Waals surface area contributed by atoms with Crippen LogP contribution in [0.15, 0.2) is 84.1 Å². The summed E-state index contributed by atoms with van der Waals surface area (Å²) in [6.07, 6.45) is 0. The number of fused-ring (bicyclic) bond motifs is 1. The number of benzene rings is 3. The number of hydrogen-bond donors (Lipinski definition) is 3. The number of carbonyl (C=O) groups excluding carboxylic acids is 1. The van der Waals surface area contributed by atoms with E-state index >= 15 is 0 Å². The molecule has 0 bridgehead atoms. The van der Waals surface area contributed by atoms with Crippen molar-refractivity contribution in [2.45, 2.75) is 19.9 Å². The number of anilines is 2. The van der Waals surface area contributed by atoms with Crippen molar-refractivity contribution in [2.24, 2.45) is 0 Å². The summed E-state index contributed by atoms with van der Waals surface area (Å²) in [5.74, 6) is 1.50. The zero-order chi connectivity index (χ0) is 24.5. The smallest absolute Gasteiger partial charge is 0.255 e. The van der Waals surface area contributed by atoms with Gasteiger partial charge >= 0.3 is 0 Å². The Morgan fingerprint density at radius 1 is 1.06 bits per heavy atom. The van der Waals surface area contributed by atoms with Crippen molar-refractivity contribution in [1.82, 2.24) is 14.8 Å². The largest absolute Gasteiger partial charge is 0.508 e. The number of aromatic nitrogens is 3. The van der Waals surface area contributed by atoms with Gasteiger partial charge in [0.15, 0.2) is 5.82 Å². The van der Waals surface area contributed by atoms with E-state index in [1.165, 1.54) is 0 Å². The summed E-state index contributed by atoms with van der Waals surface area (Å²) in [4.78, 5) is 18.4. The molecule has 3 N–H and O–H groups in total. The number of nitrogens with one attached hydrogen (secondary N) is 2. The number of amides is 1. The molecule has 5 rings (SSSR count). The minimum atomic E-state index is -0.501. The minimum absolute atomic E-state index is 0.168. The lowest BCUT2D eigenvalue weighted by Gasteiger charge is -2.29. The number of hydrogen-bond acceptors (Lipinski definition) is 6. The van der Waals surface area contributed by atoms with Crippen LogP contribution in [-0.4, -0.2) is 32.9 Å². The summed E-state index contributed by atoms with van der Waals surface area (Å²) in [5.41, 5.74) is 4.53. The van der Waals surface area contributed by atoms with E-state index in [9.17, 15) is 9.90 Å². The molecule has 0 fully saturated rings. The van der Waals surface area contributed by atoms with E-state index in [0.29, 0.717) is 34.5 Å². The van der Waals surface area contributed by atoms with Gasteiger partial charge in [-0.05, 0) is 55.8 Å². The van der Waals surface area contributed by atoms with Crippen LogP contribution in [0.5, 0.6) is 11.5 Å². The number of allylic oxidation sites excluding steroid dienone is 1. The van der Waals surface area contributed by atoms with Crippen LogP contribution < -0.4 is 15.4 Å². The standard InChI is InChI=1S/C27H25N5O3/c1-16-7-6-8-19(15-16)24-23(26(34)29-21-9-4-5-10-22(21)35-3)17(2)28-27-30-25(31-32(24)27)18-11-13-20(33)14-12-18/h4-15,24,33H,1-3H3,(H,29,34)(H,28,30,31). The first-order chi connectivity index (χ1) is 16.9. The zero-order valence-electron chi connectivity index (χ0n) is 19.6. The minimum Gasteiger partial charge on any atom is -0.508 e. The van der Waals surface area contributed by atoms with Gasteiger partial charge in [0.2, 0.25) is 5.95 Å². The van der Waals surface area contributed by atoms with E-state index in [2.05, 4.69) is 15.6 Å². The predicted molar refractivity (Wildman–Crippen MR) is 134 cm³/mol. The summed E-state index contributed by atoms with van der Waals surface area (Å²) in [5, 5.41) is 20.7. The third-order valence-electron chi connectivity index (χ3n) is 5.94. The number of ether oxygens (including phenoxy) is 1. The molecule has 176 valence electrons. The van der Waals surface area contributed by atoms with E-state index in [1.807, 2.05) is 50.2 Å². The lowest BCUT2D eigenvalue weighted by atomic mass is 9.94. The summed E-state index contributed by atoms with van der Waals surface area (Å²) in [7, 11) is 1.57. The molecule has 8 heteroatoms. The molecular formula is C27H25N5O3. The van der Waals surface area contributed by atoms with Crippen LogP contribution in [0.25, 0.3) is 11.4 Å². The average Bonchev–Trinajstić information content (AvgIpc) is 3.27. The van der Waals surface area contributed by atoms with Crippen molar-refractivity contribution in [2.75, 3.05) is 17.7 Å². The molecule has 3 aromatic carbocycles. The Morgan fingerprint density at radius 3 is 2.57 bits per heavy atom. The van der Waals surface area contributed by atoms with Gasteiger partial charge in [0, 0.05) is 11.3 Å². The predicted octanol–water partition coefficient (Wildman–Crippen LogP) is 4.90. The van der Waals surface area contributed by atoms with Gasteiger partial charge in [-0.15, -0.1) is 5.10 Å². The van der Waals surface area contributed by atoms with Gasteiger partial charge in [-0.1, -0.05) is 42.0 Å². The maximum atomic E-state index is 13.7. The first-order valence-electron chi connectivity index (χ1n) is 11.2. The fourth-order valence-corrected chi connectivity index (χ4v) is 4.26. The number of carbonyl (C=O) groups is 1. The first-order valence-corrected chi connectivity index (χ1v) is 11.2. The normalized spacial score (nSPS) is 14.8. The van der Waals surface area contributed by atoms with Crippen molar-refractivity contribution >= 4 is 17.5 Å². The molecule has 1 atom stereocenters. The molecule has 0 saturated carbocycles. The Hall–Kier alpha value is -4.59. The van der Waals surface area contributed by atoms with Crippen molar-refractivity contribution in [3.8, 4) is 22.9 Å². The second-order valence-electron chi connectivity index (χ2n) is 8.39. The van der Waals surface area contributed by atoms with E-state index < -0.39 is 6.04 Å². The molecule has 35 heavy (non-hydrogen) atoms. The molecule has 4 aromatic rings. The number of phenolic OH excluding ortho intramolecular Hbond substituents is 1. The molecule has 0 saturated heterocycles. The van der Waals surface area contributed by atoms with E-state index in [0.717, 1.165) is 16.7 Å². The molecule has 8 nitrogen and oxygen atoms in total. The number of phenols is 1. The SMILES string of the molecule is COc1ccccc1NC(=O)C1=C(C)Nc2nc(-c3ccc(O)cc3)nn2C1c1cccc(C)c1. The molecule has 1 aliphatic rings. The topological polar surface area (TPSA) is 101 Å². The van der Waals surface area contributed by atoms with Crippen molar-refractivity contribution < 1.29 is 14.6 Å². The zero-order valence-corrected chi connectivity index (χ0v) is 19.6. The second kappa shape index (κ2) is 8.98. The fourth-order valence-electron chi connectivity index (χ4n) is 4.26. The third-order valence-corrected chi connectivity index (χ3v) is 5.94. The van der Waals surface area contributed by atoms with Crippen LogP contribution >= 0.6 is 0 Å². The maximum Gasteiger partial charge on any atom is 0.255 e. The van der Waals surface area contributed by atoms with Crippen molar-refractivity contribution in [3.63, 3.8) is 0 Å². The third kappa shape index (κ3) is 4.21. The molecule has 1 amide bonds. The monoisotopic (exact) mass is 467 g/mol. The molecule has 1 aliphatic heterocycles. The van der Waals surface area contributed by atoms with Crippen LogP contribution in [0, 0.1) is 6.92 Å². The van der Waals surface area contributed by atoms with Crippen molar-refractivity contribution in [3.05, 3.63) is 95.2 Å². The molecule has 0 radical (unpaired) electrons. The quantitative estimate of drug-likeness (QED) is 0.386. The van der Waals surface area contributed by atoms with Crippen LogP contribution in [0.4, 0.5) is 11.6 Å². The number of nitrogens with zero attached hydrogens (tertiary/aromatic N) is 3. The van der Waals surface area contributed by atoms with Gasteiger partial charge in [-0.25, -0.2) is 4.68 Å². The summed E-state index contributed by atoms with van der Waals surface area (Å²) < 4.78 is 7.15. The number of methoxy groups -OCH3 is 1. The number of aryl methyl sites for hydroxylation is 1. The Morgan fingerprint density at radius 2 is 1.83 bits per heavy atom. The van der Waals surface area contributed by atoms with Gasteiger partial charge in [0.05, 0.1) is 18.4 Å².